The summed E-state index contributed by atoms with van der Waals surface area (Å²) in [5, 5.41) is 12.8. The Bertz CT molecular complexity index is 700. The lowest BCUT2D eigenvalue weighted by Crippen LogP contribution is -2.27. The average molecular weight is 331 g/mol. The van der Waals surface area contributed by atoms with Crippen molar-refractivity contribution >= 4 is 5.91 Å². The first kappa shape index (κ1) is 16.6. The normalized spacial score (nSPS) is 20.5. The van der Waals surface area contributed by atoms with E-state index in [1.807, 2.05) is 30.3 Å². The van der Waals surface area contributed by atoms with E-state index in [0.717, 1.165) is 5.56 Å². The fourth-order valence-electron chi connectivity index (χ4n) is 2.97. The number of amides is 1. The summed E-state index contributed by atoms with van der Waals surface area (Å²) in [7, 11) is 0. The predicted molar refractivity (Wildman–Crippen MR) is 86.2 cm³/mol. The number of hydrogen-bond acceptors (Lipinski definition) is 2. The van der Waals surface area contributed by atoms with Crippen LogP contribution < -0.4 is 5.32 Å². The van der Waals surface area contributed by atoms with Crippen LogP contribution in [0.2, 0.25) is 0 Å². The van der Waals surface area contributed by atoms with Crippen LogP contribution in [0.4, 0.5) is 8.78 Å². The van der Waals surface area contributed by atoms with E-state index in [1.165, 1.54) is 18.2 Å². The molecule has 0 aromatic heterocycles. The summed E-state index contributed by atoms with van der Waals surface area (Å²) in [6.45, 7) is 0.317. The third-order valence-electron chi connectivity index (χ3n) is 4.40. The molecule has 0 aliphatic heterocycles. The summed E-state index contributed by atoms with van der Waals surface area (Å²) in [5.74, 6) is -2.22. The molecule has 2 N–H and O–H groups in total. The van der Waals surface area contributed by atoms with Crippen LogP contribution in [0, 0.1) is 17.6 Å². The molecule has 24 heavy (non-hydrogen) atoms. The average Bonchev–Trinajstić information content (AvgIpc) is 3.36. The van der Waals surface area contributed by atoms with E-state index in [2.05, 4.69) is 5.32 Å². The van der Waals surface area contributed by atoms with Gasteiger partial charge in [0.25, 0.3) is 0 Å². The lowest BCUT2D eigenvalue weighted by Gasteiger charge is -2.11. The van der Waals surface area contributed by atoms with Gasteiger partial charge in [-0.15, -0.1) is 0 Å². The van der Waals surface area contributed by atoms with Gasteiger partial charge in [0.1, 0.15) is 11.6 Å². The van der Waals surface area contributed by atoms with Gasteiger partial charge in [0.2, 0.25) is 5.91 Å². The molecule has 2 aromatic rings. The standard InChI is InChI=1S/C19H19F2NO2/c20-15-7-4-8-16(21)18(15)13-11-14(13)19(24)22-10-9-17(23)12-5-2-1-3-6-12/h1-8,13-14,17,23H,9-11H2,(H,22,24). The second kappa shape index (κ2) is 7.09. The minimum Gasteiger partial charge on any atom is -0.388 e. The van der Waals surface area contributed by atoms with Gasteiger partial charge in [0.15, 0.2) is 0 Å². The maximum Gasteiger partial charge on any atom is 0.223 e. The largest absolute Gasteiger partial charge is 0.388 e. The second-order valence-corrected chi connectivity index (χ2v) is 6.09. The van der Waals surface area contributed by atoms with Crippen molar-refractivity contribution in [1.29, 1.82) is 0 Å². The Hall–Kier alpha value is -2.27. The molecular weight excluding hydrogens is 312 g/mol. The van der Waals surface area contributed by atoms with Crippen molar-refractivity contribution in [3.05, 3.63) is 71.3 Å². The Morgan fingerprint density at radius 1 is 1.12 bits per heavy atom. The molecular formula is C19H19F2NO2. The van der Waals surface area contributed by atoms with Crippen molar-refractivity contribution in [2.24, 2.45) is 5.92 Å². The first-order chi connectivity index (χ1) is 11.6. The fraction of sp³-hybridized carbons (Fsp3) is 0.316. The Labute approximate surface area is 139 Å². The quantitative estimate of drug-likeness (QED) is 0.853. The van der Waals surface area contributed by atoms with Crippen LogP contribution in [0.3, 0.4) is 0 Å². The lowest BCUT2D eigenvalue weighted by atomic mass is 10.1. The molecule has 0 saturated heterocycles. The van der Waals surface area contributed by atoms with E-state index in [-0.39, 0.29) is 11.5 Å². The first-order valence-electron chi connectivity index (χ1n) is 8.02. The highest BCUT2D eigenvalue weighted by Gasteiger charge is 2.46. The molecule has 2 aromatic carbocycles. The summed E-state index contributed by atoms with van der Waals surface area (Å²) < 4.78 is 27.4. The number of nitrogens with one attached hydrogen (secondary N) is 1. The van der Waals surface area contributed by atoms with Gasteiger partial charge in [-0.1, -0.05) is 36.4 Å². The van der Waals surface area contributed by atoms with E-state index in [9.17, 15) is 18.7 Å². The number of rotatable bonds is 6. The third kappa shape index (κ3) is 3.62. The summed E-state index contributed by atoms with van der Waals surface area (Å²) in [5.41, 5.74) is 0.798. The van der Waals surface area contributed by atoms with Crippen LogP contribution in [0.5, 0.6) is 0 Å². The summed E-state index contributed by atoms with van der Waals surface area (Å²) in [6, 6.07) is 12.9. The zero-order chi connectivity index (χ0) is 17.1. The Morgan fingerprint density at radius 2 is 1.79 bits per heavy atom. The Kier molecular flexibility index (Phi) is 4.90. The van der Waals surface area contributed by atoms with Crippen molar-refractivity contribution < 1.29 is 18.7 Å². The molecule has 3 rings (SSSR count). The topological polar surface area (TPSA) is 49.3 Å². The highest BCUT2D eigenvalue weighted by Crippen LogP contribution is 2.49. The van der Waals surface area contributed by atoms with Gasteiger partial charge < -0.3 is 10.4 Å². The molecule has 3 nitrogen and oxygen atoms in total. The van der Waals surface area contributed by atoms with Crippen LogP contribution >= 0.6 is 0 Å². The molecule has 1 amide bonds. The molecule has 126 valence electrons. The van der Waals surface area contributed by atoms with E-state index in [0.29, 0.717) is 19.4 Å². The molecule has 1 aliphatic carbocycles. The van der Waals surface area contributed by atoms with Crippen molar-refractivity contribution in [3.8, 4) is 0 Å². The molecule has 1 aliphatic rings. The van der Waals surface area contributed by atoms with Gasteiger partial charge in [0, 0.05) is 23.9 Å². The summed E-state index contributed by atoms with van der Waals surface area (Å²) >= 11 is 0. The smallest absolute Gasteiger partial charge is 0.223 e. The fourth-order valence-corrected chi connectivity index (χ4v) is 2.97. The maximum absolute atomic E-state index is 13.7. The van der Waals surface area contributed by atoms with E-state index < -0.39 is 29.6 Å². The van der Waals surface area contributed by atoms with Gasteiger partial charge in [-0.05, 0) is 30.5 Å². The number of hydrogen-bond donors (Lipinski definition) is 2. The van der Waals surface area contributed by atoms with Crippen LogP contribution in [0.1, 0.15) is 36.0 Å². The molecule has 0 spiro atoms. The van der Waals surface area contributed by atoms with Crippen LogP contribution in [-0.4, -0.2) is 17.6 Å². The Morgan fingerprint density at radius 3 is 2.46 bits per heavy atom. The minimum atomic E-state index is -0.648. The number of carbonyl (C=O) groups excluding carboxylic acids is 1. The van der Waals surface area contributed by atoms with Crippen molar-refractivity contribution in [1.82, 2.24) is 5.32 Å². The molecule has 0 bridgehead atoms. The molecule has 0 radical (unpaired) electrons. The summed E-state index contributed by atoms with van der Waals surface area (Å²) in [6.07, 6.45) is 0.192. The van der Waals surface area contributed by atoms with Gasteiger partial charge >= 0.3 is 0 Å². The highest BCUT2D eigenvalue weighted by atomic mass is 19.1. The first-order valence-corrected chi connectivity index (χ1v) is 8.02. The van der Waals surface area contributed by atoms with Crippen LogP contribution in [-0.2, 0) is 4.79 Å². The number of halogens is 2. The predicted octanol–water partition coefficient (Wildman–Crippen LogP) is 3.31. The molecule has 3 atom stereocenters. The zero-order valence-electron chi connectivity index (χ0n) is 13.1. The molecule has 5 heteroatoms. The molecule has 0 heterocycles. The minimum absolute atomic E-state index is 0.00182. The molecule has 1 saturated carbocycles. The van der Waals surface area contributed by atoms with Crippen molar-refractivity contribution in [2.75, 3.05) is 6.54 Å². The molecule has 1 fully saturated rings. The highest BCUT2D eigenvalue weighted by molar-refractivity contribution is 5.82. The van der Waals surface area contributed by atoms with Gasteiger partial charge in [-0.2, -0.15) is 0 Å². The molecule has 3 unspecified atom stereocenters. The van der Waals surface area contributed by atoms with Crippen molar-refractivity contribution in [3.63, 3.8) is 0 Å². The van der Waals surface area contributed by atoms with E-state index >= 15 is 0 Å². The van der Waals surface area contributed by atoms with Gasteiger partial charge in [-0.25, -0.2) is 8.78 Å². The zero-order valence-corrected chi connectivity index (χ0v) is 13.1. The monoisotopic (exact) mass is 331 g/mol. The van der Waals surface area contributed by atoms with E-state index in [4.69, 9.17) is 0 Å². The summed E-state index contributed by atoms with van der Waals surface area (Å²) in [4.78, 5) is 12.1. The Balaban J connectivity index is 1.49. The van der Waals surface area contributed by atoms with Crippen LogP contribution in [0.15, 0.2) is 48.5 Å². The van der Waals surface area contributed by atoms with Crippen LogP contribution in [0.25, 0.3) is 0 Å². The third-order valence-corrected chi connectivity index (χ3v) is 4.40. The maximum atomic E-state index is 13.7. The SMILES string of the molecule is O=C(NCCC(O)c1ccccc1)C1CC1c1c(F)cccc1F. The second-order valence-electron chi connectivity index (χ2n) is 6.09. The van der Waals surface area contributed by atoms with Gasteiger partial charge in [-0.3, -0.25) is 4.79 Å². The number of benzene rings is 2. The number of carbonyl (C=O) groups is 1. The van der Waals surface area contributed by atoms with E-state index in [1.54, 1.807) is 0 Å². The number of aliphatic hydroxyl groups excluding tert-OH is 1. The number of aliphatic hydroxyl groups is 1. The lowest BCUT2D eigenvalue weighted by molar-refractivity contribution is -0.122. The van der Waals surface area contributed by atoms with Gasteiger partial charge in [0.05, 0.1) is 6.10 Å². The van der Waals surface area contributed by atoms with Crippen molar-refractivity contribution in [2.45, 2.75) is 24.9 Å².